The van der Waals surface area contributed by atoms with Crippen LogP contribution in [0.4, 0.5) is 0 Å². The summed E-state index contributed by atoms with van der Waals surface area (Å²) in [4.78, 5) is 0. The molecule has 0 bridgehead atoms. The lowest BCUT2D eigenvalue weighted by atomic mass is 10.0. The maximum Gasteiger partial charge on any atom is 0.115 e. The lowest BCUT2D eigenvalue weighted by molar-refractivity contribution is 0.155. The highest BCUT2D eigenvalue weighted by Gasteiger charge is 2.04. The summed E-state index contributed by atoms with van der Waals surface area (Å²) in [7, 11) is 0. The summed E-state index contributed by atoms with van der Waals surface area (Å²) in [6.45, 7) is 17.8. The topological polar surface area (TPSA) is 9.23 Å². The van der Waals surface area contributed by atoms with E-state index >= 15 is 0 Å². The molecule has 0 aliphatic rings. The van der Waals surface area contributed by atoms with E-state index in [0.717, 1.165) is 22.5 Å². The third-order valence-electron chi connectivity index (χ3n) is 2.00. The van der Waals surface area contributed by atoms with E-state index < -0.39 is 0 Å². The predicted molar refractivity (Wildman–Crippen MR) is 58.5 cm³/mol. The van der Waals surface area contributed by atoms with Gasteiger partial charge in [-0.1, -0.05) is 18.7 Å². The minimum Gasteiger partial charge on any atom is -0.491 e. The predicted octanol–water partition coefficient (Wildman–Crippen LogP) is 3.84. The van der Waals surface area contributed by atoms with E-state index in [4.69, 9.17) is 4.74 Å². The second kappa shape index (κ2) is 4.90. The Kier molecular flexibility index (Phi) is 4.53. The van der Waals surface area contributed by atoms with Crippen LogP contribution in [0.3, 0.4) is 0 Å². The van der Waals surface area contributed by atoms with Crippen molar-refractivity contribution in [2.75, 3.05) is 0 Å². The molecule has 0 unspecified atom stereocenters. The van der Waals surface area contributed by atoms with Crippen LogP contribution in [0.5, 0.6) is 0 Å². The molecular weight excluding hydrogens is 160 g/mol. The van der Waals surface area contributed by atoms with Crippen LogP contribution < -0.4 is 0 Å². The zero-order valence-electron chi connectivity index (χ0n) is 9.40. The molecular formula is C12H20O. The van der Waals surface area contributed by atoms with Crippen molar-refractivity contribution in [2.45, 2.75) is 40.7 Å². The van der Waals surface area contributed by atoms with Crippen molar-refractivity contribution in [3.05, 3.63) is 35.6 Å². The van der Waals surface area contributed by atoms with Crippen LogP contribution in [0, 0.1) is 0 Å². The van der Waals surface area contributed by atoms with Gasteiger partial charge in [-0.05, 0) is 45.8 Å². The first-order valence-corrected chi connectivity index (χ1v) is 4.55. The fourth-order valence-electron chi connectivity index (χ4n) is 0.902. The van der Waals surface area contributed by atoms with Gasteiger partial charge in [0.1, 0.15) is 5.76 Å². The normalized spacial score (nSPS) is 12.5. The highest BCUT2D eigenvalue weighted by molar-refractivity contribution is 5.36. The van der Waals surface area contributed by atoms with Crippen LogP contribution in [-0.2, 0) is 4.74 Å². The third-order valence-corrected chi connectivity index (χ3v) is 2.00. The lowest BCUT2D eigenvalue weighted by Gasteiger charge is -2.15. The SMILES string of the molecule is C=C(C)/C(C)=C(/C)C(=C)OC(C)C. The summed E-state index contributed by atoms with van der Waals surface area (Å²) in [5.74, 6) is 0.746. The second-order valence-electron chi connectivity index (χ2n) is 3.62. The molecule has 0 aliphatic carbocycles. The Morgan fingerprint density at radius 3 is 1.77 bits per heavy atom. The Bertz CT molecular complexity index is 244. The average Bonchev–Trinajstić information content (AvgIpc) is 2.00. The van der Waals surface area contributed by atoms with E-state index in [1.165, 1.54) is 0 Å². The fourth-order valence-corrected chi connectivity index (χ4v) is 0.902. The van der Waals surface area contributed by atoms with E-state index in [1.54, 1.807) is 0 Å². The maximum absolute atomic E-state index is 5.49. The van der Waals surface area contributed by atoms with Gasteiger partial charge in [-0.25, -0.2) is 0 Å². The minimum absolute atomic E-state index is 0.181. The largest absolute Gasteiger partial charge is 0.491 e. The molecule has 0 rings (SSSR count). The first-order chi connectivity index (χ1) is 5.86. The Labute approximate surface area is 81.8 Å². The average molecular weight is 180 g/mol. The zero-order valence-corrected chi connectivity index (χ0v) is 9.40. The summed E-state index contributed by atoms with van der Waals surface area (Å²) < 4.78 is 5.49. The molecule has 0 aliphatic heterocycles. The van der Waals surface area contributed by atoms with Crippen LogP contribution >= 0.6 is 0 Å². The van der Waals surface area contributed by atoms with Crippen molar-refractivity contribution < 1.29 is 4.74 Å². The molecule has 1 nitrogen and oxygen atoms in total. The standard InChI is InChI=1S/C12H20O/c1-8(2)10(5)11(6)12(7)13-9(3)4/h9H,1,7H2,2-6H3/b11-10-. The van der Waals surface area contributed by atoms with Gasteiger partial charge < -0.3 is 4.74 Å². The first kappa shape index (κ1) is 12.0. The summed E-state index contributed by atoms with van der Waals surface area (Å²) in [6, 6.07) is 0. The molecule has 0 aromatic carbocycles. The van der Waals surface area contributed by atoms with Gasteiger partial charge in [-0.2, -0.15) is 0 Å². The third kappa shape index (κ3) is 3.97. The van der Waals surface area contributed by atoms with Gasteiger partial charge in [-0.15, -0.1) is 0 Å². The van der Waals surface area contributed by atoms with Crippen molar-refractivity contribution in [1.82, 2.24) is 0 Å². The Hall–Kier alpha value is -0.980. The number of hydrogen-bond acceptors (Lipinski definition) is 1. The number of ether oxygens (including phenoxy) is 1. The van der Waals surface area contributed by atoms with Crippen molar-refractivity contribution >= 4 is 0 Å². The zero-order chi connectivity index (χ0) is 10.6. The highest BCUT2D eigenvalue weighted by Crippen LogP contribution is 2.19. The molecule has 0 spiro atoms. The van der Waals surface area contributed by atoms with Crippen LogP contribution in [0.15, 0.2) is 35.6 Å². The van der Waals surface area contributed by atoms with Gasteiger partial charge in [0.25, 0.3) is 0 Å². The van der Waals surface area contributed by atoms with Crippen molar-refractivity contribution in [3.8, 4) is 0 Å². The monoisotopic (exact) mass is 180 g/mol. The van der Waals surface area contributed by atoms with Gasteiger partial charge in [0, 0.05) is 0 Å². The molecule has 0 radical (unpaired) electrons. The minimum atomic E-state index is 0.181. The van der Waals surface area contributed by atoms with Crippen molar-refractivity contribution in [3.63, 3.8) is 0 Å². The quantitative estimate of drug-likeness (QED) is 0.472. The summed E-state index contributed by atoms with van der Waals surface area (Å²) in [6.07, 6.45) is 0.181. The maximum atomic E-state index is 5.49. The number of rotatable bonds is 4. The number of allylic oxidation sites excluding steroid dienone is 3. The molecule has 1 heteroatoms. The van der Waals surface area contributed by atoms with E-state index in [2.05, 4.69) is 13.2 Å². The molecule has 0 saturated carbocycles. The second-order valence-corrected chi connectivity index (χ2v) is 3.62. The summed E-state index contributed by atoms with van der Waals surface area (Å²) in [5, 5.41) is 0. The first-order valence-electron chi connectivity index (χ1n) is 4.55. The van der Waals surface area contributed by atoms with Crippen LogP contribution in [-0.4, -0.2) is 6.10 Å². The summed E-state index contributed by atoms with van der Waals surface area (Å²) in [5.41, 5.74) is 3.30. The van der Waals surface area contributed by atoms with Crippen molar-refractivity contribution in [1.29, 1.82) is 0 Å². The van der Waals surface area contributed by atoms with E-state index in [1.807, 2.05) is 34.6 Å². The molecule has 0 aromatic rings. The van der Waals surface area contributed by atoms with Gasteiger partial charge in [0.15, 0.2) is 0 Å². The molecule has 0 aromatic heterocycles. The Morgan fingerprint density at radius 1 is 1.00 bits per heavy atom. The Balaban J connectivity index is 4.59. The molecule has 0 atom stereocenters. The lowest BCUT2D eigenvalue weighted by Crippen LogP contribution is -2.03. The van der Waals surface area contributed by atoms with Gasteiger partial charge in [0.2, 0.25) is 0 Å². The van der Waals surface area contributed by atoms with Gasteiger partial charge >= 0.3 is 0 Å². The van der Waals surface area contributed by atoms with Gasteiger partial charge in [-0.3, -0.25) is 0 Å². The van der Waals surface area contributed by atoms with E-state index in [0.29, 0.717) is 0 Å². The fraction of sp³-hybridized carbons (Fsp3) is 0.500. The molecule has 0 heterocycles. The van der Waals surface area contributed by atoms with Gasteiger partial charge in [0.05, 0.1) is 6.10 Å². The molecule has 0 saturated heterocycles. The molecule has 0 amide bonds. The Morgan fingerprint density at radius 2 is 1.46 bits per heavy atom. The number of hydrogen-bond donors (Lipinski definition) is 0. The van der Waals surface area contributed by atoms with Crippen LogP contribution in [0.2, 0.25) is 0 Å². The smallest absolute Gasteiger partial charge is 0.115 e. The molecule has 0 fully saturated rings. The molecule has 0 N–H and O–H groups in total. The molecule has 13 heavy (non-hydrogen) atoms. The van der Waals surface area contributed by atoms with Crippen LogP contribution in [0.25, 0.3) is 0 Å². The molecule has 74 valence electrons. The highest BCUT2D eigenvalue weighted by atomic mass is 16.5. The summed E-state index contributed by atoms with van der Waals surface area (Å²) >= 11 is 0. The van der Waals surface area contributed by atoms with Crippen molar-refractivity contribution in [2.24, 2.45) is 0 Å². The van der Waals surface area contributed by atoms with E-state index in [-0.39, 0.29) is 6.10 Å². The van der Waals surface area contributed by atoms with Crippen LogP contribution in [0.1, 0.15) is 34.6 Å². The van der Waals surface area contributed by atoms with E-state index in [9.17, 15) is 0 Å².